The fraction of sp³-hybridized carbons (Fsp3) is 0.400. The van der Waals surface area contributed by atoms with Crippen LogP contribution in [0.1, 0.15) is 0 Å². The molecule has 0 atom stereocenters. The van der Waals surface area contributed by atoms with Crippen LogP contribution in [0.2, 0.25) is 5.02 Å². The number of hydrogen-bond donors (Lipinski definition) is 2. The second kappa shape index (κ2) is 5.68. The normalized spacial score (nSPS) is 12.0. The van der Waals surface area contributed by atoms with E-state index in [0.29, 0.717) is 18.1 Å². The molecule has 0 fully saturated rings. The third kappa shape index (κ3) is 4.16. The minimum absolute atomic E-state index is 0.0174. The van der Waals surface area contributed by atoms with Gasteiger partial charge in [0.05, 0.1) is 5.69 Å². The molecule has 7 heteroatoms. The Bertz CT molecular complexity index is 488. The monoisotopic (exact) mass is 277 g/mol. The van der Waals surface area contributed by atoms with Gasteiger partial charge in [-0.2, -0.15) is 0 Å². The predicted octanol–water partition coefficient (Wildman–Crippen LogP) is 0.762. The summed E-state index contributed by atoms with van der Waals surface area (Å²) in [6.45, 7) is 0.932. The number of nitrogen functional groups attached to an aromatic ring is 1. The second-order valence-corrected chi connectivity index (χ2v) is 6.06. The van der Waals surface area contributed by atoms with E-state index in [1.165, 1.54) is 12.1 Å². The van der Waals surface area contributed by atoms with Crippen molar-refractivity contribution in [3.05, 3.63) is 23.2 Å². The van der Waals surface area contributed by atoms with Crippen molar-refractivity contribution < 1.29 is 8.42 Å². The fourth-order valence-corrected chi connectivity index (χ4v) is 2.64. The lowest BCUT2D eigenvalue weighted by molar-refractivity contribution is 0.412. The summed E-state index contributed by atoms with van der Waals surface area (Å²) in [5.74, 6) is 0. The molecule has 0 saturated carbocycles. The van der Waals surface area contributed by atoms with Gasteiger partial charge in [-0.15, -0.1) is 0 Å². The number of likely N-dealkylation sites (N-methyl/N-ethyl adjacent to an activating group) is 1. The van der Waals surface area contributed by atoms with Gasteiger partial charge in [0.15, 0.2) is 0 Å². The zero-order chi connectivity index (χ0) is 13.1. The lowest BCUT2D eigenvalue weighted by Gasteiger charge is -2.12. The summed E-state index contributed by atoms with van der Waals surface area (Å²) in [6.07, 6.45) is 0. The van der Waals surface area contributed by atoms with Crippen LogP contribution in [0.25, 0.3) is 0 Å². The van der Waals surface area contributed by atoms with Crippen LogP contribution >= 0.6 is 11.6 Å². The van der Waals surface area contributed by atoms with Crippen molar-refractivity contribution in [2.45, 2.75) is 4.90 Å². The zero-order valence-corrected chi connectivity index (χ0v) is 11.3. The van der Waals surface area contributed by atoms with Gasteiger partial charge in [0.1, 0.15) is 4.90 Å². The third-order valence-corrected chi connectivity index (χ3v) is 3.87. The summed E-state index contributed by atoms with van der Waals surface area (Å²) in [5, 5.41) is 0.340. The number of nitrogens with two attached hydrogens (primary N) is 1. The molecule has 3 N–H and O–H groups in total. The molecule has 0 bridgehead atoms. The minimum Gasteiger partial charge on any atom is -0.398 e. The van der Waals surface area contributed by atoms with Gasteiger partial charge in [-0.05, 0) is 32.3 Å². The number of sulfonamides is 1. The number of anilines is 1. The second-order valence-electron chi connectivity index (χ2n) is 3.88. The Balaban J connectivity index is 2.86. The lowest BCUT2D eigenvalue weighted by atomic mass is 10.3. The molecule has 0 aliphatic rings. The molecule has 1 aromatic rings. The van der Waals surface area contributed by atoms with E-state index in [1.54, 1.807) is 6.07 Å². The van der Waals surface area contributed by atoms with Crippen molar-refractivity contribution in [1.82, 2.24) is 9.62 Å². The van der Waals surface area contributed by atoms with Crippen LogP contribution in [0, 0.1) is 0 Å². The zero-order valence-electron chi connectivity index (χ0n) is 9.77. The van der Waals surface area contributed by atoms with E-state index in [9.17, 15) is 8.42 Å². The first-order valence-corrected chi connectivity index (χ1v) is 6.88. The molecule has 17 heavy (non-hydrogen) atoms. The molecule has 0 radical (unpaired) electrons. The minimum atomic E-state index is -3.60. The van der Waals surface area contributed by atoms with Crippen molar-refractivity contribution in [1.29, 1.82) is 0 Å². The van der Waals surface area contributed by atoms with Gasteiger partial charge in [-0.1, -0.05) is 11.6 Å². The summed E-state index contributed by atoms with van der Waals surface area (Å²) < 4.78 is 26.3. The molecule has 0 heterocycles. The van der Waals surface area contributed by atoms with E-state index in [2.05, 4.69) is 4.72 Å². The van der Waals surface area contributed by atoms with E-state index >= 15 is 0 Å². The largest absolute Gasteiger partial charge is 0.398 e. The summed E-state index contributed by atoms with van der Waals surface area (Å²) in [7, 11) is 0.131. The van der Waals surface area contributed by atoms with Crippen LogP contribution in [0.15, 0.2) is 23.1 Å². The first-order chi connectivity index (χ1) is 7.83. The Kier molecular flexibility index (Phi) is 4.76. The highest BCUT2D eigenvalue weighted by atomic mass is 35.5. The van der Waals surface area contributed by atoms with Gasteiger partial charge in [0.2, 0.25) is 10.0 Å². The van der Waals surface area contributed by atoms with Crippen molar-refractivity contribution >= 4 is 27.3 Å². The highest BCUT2D eigenvalue weighted by molar-refractivity contribution is 7.89. The maximum Gasteiger partial charge on any atom is 0.242 e. The van der Waals surface area contributed by atoms with Crippen LogP contribution in [-0.4, -0.2) is 40.5 Å². The number of rotatable bonds is 5. The van der Waals surface area contributed by atoms with Gasteiger partial charge < -0.3 is 10.6 Å². The summed E-state index contributed by atoms with van der Waals surface area (Å²) >= 11 is 5.75. The molecular formula is C10H16ClN3O2S. The van der Waals surface area contributed by atoms with Crippen molar-refractivity contribution in [2.75, 3.05) is 32.9 Å². The molecule has 5 nitrogen and oxygen atoms in total. The van der Waals surface area contributed by atoms with Gasteiger partial charge in [-0.25, -0.2) is 13.1 Å². The predicted molar refractivity (Wildman–Crippen MR) is 69.6 cm³/mol. The van der Waals surface area contributed by atoms with Crippen LogP contribution < -0.4 is 10.5 Å². The maximum atomic E-state index is 11.9. The highest BCUT2D eigenvalue weighted by Crippen LogP contribution is 2.22. The SMILES string of the molecule is CN(C)CCNS(=O)(=O)c1cc(Cl)ccc1N. The van der Waals surface area contributed by atoms with E-state index in [1.807, 2.05) is 19.0 Å². The number of hydrogen-bond acceptors (Lipinski definition) is 4. The number of nitrogens with one attached hydrogen (secondary N) is 1. The van der Waals surface area contributed by atoms with E-state index in [4.69, 9.17) is 17.3 Å². The highest BCUT2D eigenvalue weighted by Gasteiger charge is 2.17. The Morgan fingerprint density at radius 1 is 1.41 bits per heavy atom. The first-order valence-electron chi connectivity index (χ1n) is 5.02. The Labute approximate surface area is 107 Å². The van der Waals surface area contributed by atoms with Crippen LogP contribution in [0.4, 0.5) is 5.69 Å². The number of benzene rings is 1. The Morgan fingerprint density at radius 2 is 2.06 bits per heavy atom. The Morgan fingerprint density at radius 3 is 2.65 bits per heavy atom. The average molecular weight is 278 g/mol. The summed E-state index contributed by atoms with van der Waals surface area (Å²) in [4.78, 5) is 1.90. The molecule has 0 amide bonds. The van der Waals surface area contributed by atoms with Crippen LogP contribution in [0.5, 0.6) is 0 Å². The van der Waals surface area contributed by atoms with Crippen LogP contribution in [0.3, 0.4) is 0 Å². The molecule has 0 aromatic heterocycles. The standard InChI is InChI=1S/C10H16ClN3O2S/c1-14(2)6-5-13-17(15,16)10-7-8(11)3-4-9(10)12/h3-4,7,13H,5-6,12H2,1-2H3. The molecule has 0 spiro atoms. The Hall–Kier alpha value is -0.820. The summed E-state index contributed by atoms with van der Waals surface area (Å²) in [5.41, 5.74) is 5.81. The average Bonchev–Trinajstić information content (AvgIpc) is 2.20. The van der Waals surface area contributed by atoms with Crippen molar-refractivity contribution in [3.63, 3.8) is 0 Å². The molecule has 0 saturated heterocycles. The topological polar surface area (TPSA) is 75.4 Å². The van der Waals surface area contributed by atoms with Crippen LogP contribution in [-0.2, 0) is 10.0 Å². The maximum absolute atomic E-state index is 11.9. The molecular weight excluding hydrogens is 262 g/mol. The first kappa shape index (κ1) is 14.2. The smallest absolute Gasteiger partial charge is 0.242 e. The molecule has 0 aliphatic heterocycles. The number of halogens is 1. The molecule has 0 unspecified atom stereocenters. The van der Waals surface area contributed by atoms with E-state index < -0.39 is 10.0 Å². The number of nitrogens with zero attached hydrogens (tertiary/aromatic N) is 1. The molecule has 1 rings (SSSR count). The van der Waals surface area contributed by atoms with Crippen molar-refractivity contribution in [2.24, 2.45) is 0 Å². The third-order valence-electron chi connectivity index (χ3n) is 2.12. The van der Waals surface area contributed by atoms with Gasteiger partial charge >= 0.3 is 0 Å². The lowest BCUT2D eigenvalue weighted by Crippen LogP contribution is -2.31. The van der Waals surface area contributed by atoms with Gasteiger partial charge in [0.25, 0.3) is 0 Å². The van der Waals surface area contributed by atoms with Crippen molar-refractivity contribution in [3.8, 4) is 0 Å². The van der Waals surface area contributed by atoms with Gasteiger partial charge in [0, 0.05) is 18.1 Å². The molecule has 1 aromatic carbocycles. The molecule has 96 valence electrons. The molecule has 0 aliphatic carbocycles. The van der Waals surface area contributed by atoms with E-state index in [-0.39, 0.29) is 10.6 Å². The van der Waals surface area contributed by atoms with Gasteiger partial charge in [-0.3, -0.25) is 0 Å². The van der Waals surface area contributed by atoms with E-state index in [0.717, 1.165) is 0 Å². The summed E-state index contributed by atoms with van der Waals surface area (Å²) in [6, 6.07) is 4.37. The fourth-order valence-electron chi connectivity index (χ4n) is 1.22. The quantitative estimate of drug-likeness (QED) is 0.780.